The first-order valence-electron chi connectivity index (χ1n) is 7.76. The van der Waals surface area contributed by atoms with Crippen molar-refractivity contribution in [2.75, 3.05) is 18.1 Å². The topological polar surface area (TPSA) is 71.0 Å². The predicted molar refractivity (Wildman–Crippen MR) is 101 cm³/mol. The van der Waals surface area contributed by atoms with Crippen molar-refractivity contribution in [1.82, 2.24) is 5.43 Å². The number of para-hydroxylation sites is 2. The highest BCUT2D eigenvalue weighted by molar-refractivity contribution is 6.42. The molecule has 26 heavy (non-hydrogen) atoms. The lowest BCUT2D eigenvalue weighted by Crippen LogP contribution is -2.44. The third kappa shape index (κ3) is 3.98. The van der Waals surface area contributed by atoms with Gasteiger partial charge >= 0.3 is 0 Å². The van der Waals surface area contributed by atoms with Crippen molar-refractivity contribution in [3.05, 3.63) is 58.1 Å². The molecule has 1 aliphatic rings. The fourth-order valence-corrected chi connectivity index (χ4v) is 2.74. The second-order valence-electron chi connectivity index (χ2n) is 5.60. The van der Waals surface area contributed by atoms with Gasteiger partial charge in [-0.1, -0.05) is 41.4 Å². The number of hydrazone groups is 1. The molecule has 6 nitrogen and oxygen atoms in total. The van der Waals surface area contributed by atoms with Crippen LogP contribution in [0.3, 0.4) is 0 Å². The molecular formula is C18H15Cl2N3O3. The molecule has 8 heteroatoms. The number of halogens is 2. The standard InChI is InChI=1S/C18H15Cl2N3O3/c1-11(12-6-7-13(19)14(20)8-12)21-22-17(24)9-23-15-4-2-3-5-16(15)26-10-18(23)25/h2-8H,9-10H2,1H3,(H,22,24)/b21-11-. The first kappa shape index (κ1) is 18.2. The summed E-state index contributed by atoms with van der Waals surface area (Å²) in [6.07, 6.45) is 0. The van der Waals surface area contributed by atoms with E-state index in [1.807, 2.05) is 0 Å². The molecule has 0 aliphatic carbocycles. The quantitative estimate of drug-likeness (QED) is 0.642. The van der Waals surface area contributed by atoms with Crippen LogP contribution < -0.4 is 15.1 Å². The van der Waals surface area contributed by atoms with Gasteiger partial charge in [-0.3, -0.25) is 14.5 Å². The molecule has 1 N–H and O–H groups in total. The number of nitrogens with one attached hydrogen (secondary N) is 1. The van der Waals surface area contributed by atoms with Gasteiger partial charge in [0.05, 0.1) is 21.4 Å². The molecule has 0 spiro atoms. The van der Waals surface area contributed by atoms with Crippen LogP contribution in [0.25, 0.3) is 0 Å². The van der Waals surface area contributed by atoms with Crippen molar-refractivity contribution in [3.8, 4) is 5.75 Å². The number of carbonyl (C=O) groups is 2. The second-order valence-corrected chi connectivity index (χ2v) is 6.41. The molecule has 2 aromatic carbocycles. The van der Waals surface area contributed by atoms with Crippen molar-refractivity contribution in [3.63, 3.8) is 0 Å². The predicted octanol–water partition coefficient (Wildman–Crippen LogP) is 3.26. The number of amides is 2. The lowest BCUT2D eigenvalue weighted by molar-refractivity contribution is -0.125. The molecule has 0 bridgehead atoms. The average Bonchev–Trinajstić information content (AvgIpc) is 2.64. The van der Waals surface area contributed by atoms with E-state index in [-0.39, 0.29) is 19.1 Å². The van der Waals surface area contributed by atoms with E-state index in [1.54, 1.807) is 49.4 Å². The van der Waals surface area contributed by atoms with Crippen LogP contribution in [-0.2, 0) is 9.59 Å². The van der Waals surface area contributed by atoms with Crippen molar-refractivity contribution in [1.29, 1.82) is 0 Å². The Bertz CT molecular complexity index is 899. The van der Waals surface area contributed by atoms with Crippen molar-refractivity contribution in [2.45, 2.75) is 6.92 Å². The lowest BCUT2D eigenvalue weighted by Gasteiger charge is -2.28. The number of nitrogens with zero attached hydrogens (tertiary/aromatic N) is 2. The van der Waals surface area contributed by atoms with Crippen molar-refractivity contribution in [2.24, 2.45) is 5.10 Å². The zero-order valence-corrected chi connectivity index (χ0v) is 15.3. The second kappa shape index (κ2) is 7.76. The third-order valence-corrected chi connectivity index (χ3v) is 4.53. The molecule has 0 unspecified atom stereocenters. The Balaban J connectivity index is 1.69. The van der Waals surface area contributed by atoms with Crippen molar-refractivity contribution < 1.29 is 14.3 Å². The van der Waals surface area contributed by atoms with Crippen LogP contribution in [0.1, 0.15) is 12.5 Å². The van der Waals surface area contributed by atoms with Gasteiger partial charge in [0.1, 0.15) is 12.3 Å². The van der Waals surface area contributed by atoms with Gasteiger partial charge in [-0.2, -0.15) is 5.10 Å². The molecule has 1 heterocycles. The van der Waals surface area contributed by atoms with E-state index in [0.717, 1.165) is 5.56 Å². The van der Waals surface area contributed by atoms with E-state index in [4.69, 9.17) is 27.9 Å². The molecule has 0 saturated heterocycles. The number of ether oxygens (including phenoxy) is 1. The summed E-state index contributed by atoms with van der Waals surface area (Å²) >= 11 is 11.9. The summed E-state index contributed by atoms with van der Waals surface area (Å²) in [6.45, 7) is 1.47. The lowest BCUT2D eigenvalue weighted by atomic mass is 10.1. The number of fused-ring (bicyclic) bond motifs is 1. The third-order valence-electron chi connectivity index (χ3n) is 3.80. The van der Waals surface area contributed by atoms with Gasteiger partial charge in [0.15, 0.2) is 6.61 Å². The van der Waals surface area contributed by atoms with Gasteiger partial charge < -0.3 is 4.74 Å². The summed E-state index contributed by atoms with van der Waals surface area (Å²) in [4.78, 5) is 25.7. The Labute approximate surface area is 160 Å². The van der Waals surface area contributed by atoms with Gasteiger partial charge in [0, 0.05) is 0 Å². The van der Waals surface area contributed by atoms with Crippen LogP contribution >= 0.6 is 23.2 Å². The Morgan fingerprint density at radius 2 is 2.00 bits per heavy atom. The van der Waals surface area contributed by atoms with Gasteiger partial charge in [0.25, 0.3) is 11.8 Å². The Morgan fingerprint density at radius 3 is 2.77 bits per heavy atom. The molecule has 0 fully saturated rings. The van der Waals surface area contributed by atoms with E-state index in [0.29, 0.717) is 27.2 Å². The smallest absolute Gasteiger partial charge is 0.265 e. The fourth-order valence-electron chi connectivity index (χ4n) is 2.44. The van der Waals surface area contributed by atoms with E-state index >= 15 is 0 Å². The zero-order valence-electron chi connectivity index (χ0n) is 13.8. The van der Waals surface area contributed by atoms with Crippen molar-refractivity contribution >= 4 is 46.4 Å². The Hall–Kier alpha value is -2.57. The first-order chi connectivity index (χ1) is 12.5. The minimum Gasteiger partial charge on any atom is -0.482 e. The molecule has 0 aromatic heterocycles. The minimum absolute atomic E-state index is 0.101. The fraction of sp³-hybridized carbons (Fsp3) is 0.167. The molecule has 3 rings (SSSR count). The number of hydrogen-bond donors (Lipinski definition) is 1. The number of carbonyl (C=O) groups excluding carboxylic acids is 2. The molecule has 1 aliphatic heterocycles. The van der Waals surface area contributed by atoms with Crippen LogP contribution in [0.15, 0.2) is 47.6 Å². The molecule has 0 radical (unpaired) electrons. The summed E-state index contributed by atoms with van der Waals surface area (Å²) in [7, 11) is 0. The molecule has 0 atom stereocenters. The number of hydrogen-bond acceptors (Lipinski definition) is 4. The van der Waals surface area contributed by atoms with E-state index < -0.39 is 5.91 Å². The maximum Gasteiger partial charge on any atom is 0.265 e. The SMILES string of the molecule is C/C(=N/NC(=O)CN1C(=O)COc2ccccc21)c1ccc(Cl)c(Cl)c1. The summed E-state index contributed by atoms with van der Waals surface area (Å²) < 4.78 is 5.35. The first-order valence-corrected chi connectivity index (χ1v) is 8.52. The Kier molecular flexibility index (Phi) is 5.44. The van der Waals surface area contributed by atoms with E-state index in [1.165, 1.54) is 4.90 Å². The van der Waals surface area contributed by atoms with E-state index in [9.17, 15) is 9.59 Å². The summed E-state index contributed by atoms with van der Waals surface area (Å²) in [5, 5.41) is 4.90. The maximum absolute atomic E-state index is 12.2. The number of anilines is 1. The maximum atomic E-state index is 12.2. The monoisotopic (exact) mass is 391 g/mol. The molecular weight excluding hydrogens is 377 g/mol. The number of rotatable bonds is 4. The van der Waals surface area contributed by atoms with E-state index in [2.05, 4.69) is 10.5 Å². The average molecular weight is 392 g/mol. The molecule has 0 saturated carbocycles. The van der Waals surface area contributed by atoms with Crippen LogP contribution in [-0.4, -0.2) is 30.7 Å². The summed E-state index contributed by atoms with van der Waals surface area (Å²) in [6, 6.07) is 12.1. The zero-order chi connectivity index (χ0) is 18.7. The Morgan fingerprint density at radius 1 is 1.23 bits per heavy atom. The van der Waals surface area contributed by atoms with Crippen LogP contribution in [0.5, 0.6) is 5.75 Å². The van der Waals surface area contributed by atoms with Crippen LogP contribution in [0.4, 0.5) is 5.69 Å². The highest BCUT2D eigenvalue weighted by Crippen LogP contribution is 2.31. The van der Waals surface area contributed by atoms with Crippen LogP contribution in [0.2, 0.25) is 10.0 Å². The highest BCUT2D eigenvalue weighted by Gasteiger charge is 2.26. The highest BCUT2D eigenvalue weighted by atomic mass is 35.5. The molecule has 2 aromatic rings. The normalized spacial score (nSPS) is 13.9. The summed E-state index contributed by atoms with van der Waals surface area (Å²) in [5.74, 6) is -0.145. The molecule has 134 valence electrons. The largest absolute Gasteiger partial charge is 0.482 e. The number of benzene rings is 2. The minimum atomic E-state index is -0.422. The van der Waals surface area contributed by atoms with Gasteiger partial charge in [-0.15, -0.1) is 0 Å². The summed E-state index contributed by atoms with van der Waals surface area (Å²) in [5.41, 5.74) is 4.30. The molecule has 2 amide bonds. The van der Waals surface area contributed by atoms with Gasteiger partial charge in [0.2, 0.25) is 0 Å². The van der Waals surface area contributed by atoms with Crippen LogP contribution in [0, 0.1) is 0 Å². The van der Waals surface area contributed by atoms with Gasteiger partial charge in [-0.25, -0.2) is 5.43 Å². The van der Waals surface area contributed by atoms with Gasteiger partial charge in [-0.05, 0) is 36.8 Å².